The third kappa shape index (κ3) is 6.74. The molecule has 6 heteroatoms. The van der Waals surface area contributed by atoms with Crippen LogP contribution in [0.25, 0.3) is 0 Å². The molecule has 2 amide bonds. The largest absolute Gasteiger partial charge is 0.480 e. The minimum atomic E-state index is -0.977. The smallest absolute Gasteiger partial charge is 0.326 e. The number of nitrogens with zero attached hydrogens (tertiary/aromatic N) is 1. The third-order valence-corrected chi connectivity index (χ3v) is 3.48. The Bertz CT molecular complexity index is 274. The Morgan fingerprint density at radius 2 is 2.06 bits per heavy atom. The fraction of sp³-hybridized carbons (Fsp3) is 0.833. The highest BCUT2D eigenvalue weighted by Crippen LogP contribution is 2.05. The highest BCUT2D eigenvalue weighted by atomic mass is 32.2. The number of carboxylic acid groups (broad SMARTS) is 1. The quantitative estimate of drug-likeness (QED) is 0.710. The van der Waals surface area contributed by atoms with Gasteiger partial charge in [0, 0.05) is 13.6 Å². The Kier molecular flexibility index (Phi) is 8.62. The van der Waals surface area contributed by atoms with Gasteiger partial charge in [0.1, 0.15) is 6.04 Å². The van der Waals surface area contributed by atoms with Gasteiger partial charge in [-0.2, -0.15) is 11.8 Å². The Morgan fingerprint density at radius 1 is 1.44 bits per heavy atom. The maximum atomic E-state index is 11.8. The molecule has 18 heavy (non-hydrogen) atoms. The van der Waals surface area contributed by atoms with E-state index in [2.05, 4.69) is 19.2 Å². The number of urea groups is 1. The number of carbonyl (C=O) groups is 2. The molecule has 0 aliphatic heterocycles. The predicted octanol–water partition coefficient (Wildman–Crippen LogP) is 1.88. The molecule has 0 saturated heterocycles. The van der Waals surface area contributed by atoms with Crippen LogP contribution in [0, 0.1) is 5.92 Å². The van der Waals surface area contributed by atoms with Crippen molar-refractivity contribution in [2.45, 2.75) is 32.7 Å². The minimum Gasteiger partial charge on any atom is -0.480 e. The highest BCUT2D eigenvalue weighted by molar-refractivity contribution is 7.98. The Labute approximate surface area is 113 Å². The fourth-order valence-electron chi connectivity index (χ4n) is 1.43. The summed E-state index contributed by atoms with van der Waals surface area (Å²) in [6.07, 6.45) is 3.35. The highest BCUT2D eigenvalue weighted by Gasteiger charge is 2.21. The molecule has 0 fully saturated rings. The van der Waals surface area contributed by atoms with Crippen LogP contribution in [-0.4, -0.2) is 53.6 Å². The topological polar surface area (TPSA) is 69.6 Å². The summed E-state index contributed by atoms with van der Waals surface area (Å²) in [5.41, 5.74) is 0. The summed E-state index contributed by atoms with van der Waals surface area (Å²) in [5, 5.41) is 11.6. The zero-order valence-electron chi connectivity index (χ0n) is 11.6. The van der Waals surface area contributed by atoms with E-state index in [1.807, 2.05) is 6.26 Å². The molecule has 0 saturated carbocycles. The monoisotopic (exact) mass is 276 g/mol. The molecule has 106 valence electrons. The Balaban J connectivity index is 4.27. The first-order valence-corrected chi connectivity index (χ1v) is 7.55. The van der Waals surface area contributed by atoms with Gasteiger partial charge in [-0.1, -0.05) is 20.3 Å². The van der Waals surface area contributed by atoms with E-state index in [9.17, 15) is 9.59 Å². The Morgan fingerprint density at radius 3 is 2.50 bits per heavy atom. The van der Waals surface area contributed by atoms with Crippen molar-refractivity contribution in [3.8, 4) is 0 Å². The average molecular weight is 276 g/mol. The van der Waals surface area contributed by atoms with Gasteiger partial charge in [-0.3, -0.25) is 0 Å². The van der Waals surface area contributed by atoms with Crippen molar-refractivity contribution >= 4 is 23.8 Å². The molecular formula is C12H24N2O3S. The third-order valence-electron chi connectivity index (χ3n) is 2.84. The number of aliphatic carboxylic acids is 1. The molecule has 0 radical (unpaired) electrons. The zero-order valence-corrected chi connectivity index (χ0v) is 12.4. The number of carbonyl (C=O) groups excluding carboxylic acids is 1. The van der Waals surface area contributed by atoms with E-state index >= 15 is 0 Å². The molecule has 2 atom stereocenters. The second-order valence-corrected chi connectivity index (χ2v) is 5.50. The van der Waals surface area contributed by atoms with Crippen LogP contribution >= 0.6 is 11.8 Å². The molecule has 0 heterocycles. The molecule has 0 aliphatic carbocycles. The van der Waals surface area contributed by atoms with Crippen molar-refractivity contribution in [2.75, 3.05) is 25.6 Å². The van der Waals surface area contributed by atoms with Gasteiger partial charge >= 0.3 is 12.0 Å². The molecule has 0 bridgehead atoms. The van der Waals surface area contributed by atoms with Crippen molar-refractivity contribution in [3.05, 3.63) is 0 Å². The predicted molar refractivity (Wildman–Crippen MR) is 75.0 cm³/mol. The van der Waals surface area contributed by atoms with Gasteiger partial charge in [-0.25, -0.2) is 9.59 Å². The number of rotatable bonds is 8. The van der Waals surface area contributed by atoms with E-state index in [-0.39, 0.29) is 6.03 Å². The lowest BCUT2D eigenvalue weighted by molar-refractivity contribution is -0.139. The standard InChI is InChI=1S/C12H24N2O3S/c1-5-9(2)8-14(3)12(17)13-10(11(15)16)6-7-18-4/h9-10H,5-8H2,1-4H3,(H,13,17)(H,15,16). The molecule has 0 aromatic rings. The van der Waals surface area contributed by atoms with Crippen molar-refractivity contribution in [3.63, 3.8) is 0 Å². The SMILES string of the molecule is CCC(C)CN(C)C(=O)NC(CCSC)C(=O)O. The van der Waals surface area contributed by atoms with E-state index in [1.165, 1.54) is 0 Å². The number of amides is 2. The van der Waals surface area contributed by atoms with Crippen LogP contribution in [0.3, 0.4) is 0 Å². The Hall–Kier alpha value is -0.910. The first-order valence-electron chi connectivity index (χ1n) is 6.15. The molecule has 0 rings (SSSR count). The van der Waals surface area contributed by atoms with E-state index < -0.39 is 12.0 Å². The summed E-state index contributed by atoms with van der Waals surface area (Å²) >= 11 is 1.57. The fourth-order valence-corrected chi connectivity index (χ4v) is 1.90. The second kappa shape index (κ2) is 9.08. The van der Waals surface area contributed by atoms with E-state index in [4.69, 9.17) is 5.11 Å². The van der Waals surface area contributed by atoms with Gasteiger partial charge in [0.2, 0.25) is 0 Å². The minimum absolute atomic E-state index is 0.316. The van der Waals surface area contributed by atoms with Crippen molar-refractivity contribution in [2.24, 2.45) is 5.92 Å². The number of nitrogens with one attached hydrogen (secondary N) is 1. The molecule has 0 spiro atoms. The summed E-state index contributed by atoms with van der Waals surface area (Å²) in [6, 6.07) is -1.12. The van der Waals surface area contributed by atoms with Crippen molar-refractivity contribution in [1.82, 2.24) is 10.2 Å². The second-order valence-electron chi connectivity index (χ2n) is 4.52. The van der Waals surface area contributed by atoms with E-state index in [0.717, 1.165) is 6.42 Å². The summed E-state index contributed by atoms with van der Waals surface area (Å²) in [4.78, 5) is 24.4. The molecule has 0 aliphatic rings. The van der Waals surface area contributed by atoms with Crippen molar-refractivity contribution < 1.29 is 14.7 Å². The van der Waals surface area contributed by atoms with Gasteiger partial charge in [-0.05, 0) is 24.3 Å². The normalized spacial score (nSPS) is 13.8. The van der Waals surface area contributed by atoms with Gasteiger partial charge in [-0.15, -0.1) is 0 Å². The van der Waals surface area contributed by atoms with Crippen LogP contribution in [0.2, 0.25) is 0 Å². The summed E-state index contributed by atoms with van der Waals surface area (Å²) in [5.74, 6) is 0.149. The number of carboxylic acids is 1. The van der Waals surface area contributed by atoms with Crippen LogP contribution in [0.15, 0.2) is 0 Å². The first-order chi connectivity index (χ1) is 8.42. The molecule has 5 nitrogen and oxygen atoms in total. The molecular weight excluding hydrogens is 252 g/mol. The van der Waals surface area contributed by atoms with Gasteiger partial charge < -0.3 is 15.3 Å². The maximum Gasteiger partial charge on any atom is 0.326 e. The van der Waals surface area contributed by atoms with Crippen molar-refractivity contribution in [1.29, 1.82) is 0 Å². The molecule has 0 aromatic carbocycles. The van der Waals surface area contributed by atoms with Gasteiger partial charge in [0.05, 0.1) is 0 Å². The van der Waals surface area contributed by atoms with Crippen LogP contribution in [-0.2, 0) is 4.79 Å². The summed E-state index contributed by atoms with van der Waals surface area (Å²) in [7, 11) is 1.69. The summed E-state index contributed by atoms with van der Waals surface area (Å²) in [6.45, 7) is 4.76. The van der Waals surface area contributed by atoms with Gasteiger partial charge in [0.15, 0.2) is 0 Å². The lowest BCUT2D eigenvalue weighted by atomic mass is 10.1. The molecule has 2 unspecified atom stereocenters. The van der Waals surface area contributed by atoms with Crippen LogP contribution in [0.1, 0.15) is 26.7 Å². The number of hydrogen-bond acceptors (Lipinski definition) is 3. The molecule has 0 aromatic heterocycles. The number of hydrogen-bond donors (Lipinski definition) is 2. The van der Waals surface area contributed by atoms with Crippen LogP contribution in [0.5, 0.6) is 0 Å². The van der Waals surface area contributed by atoms with Gasteiger partial charge in [0.25, 0.3) is 0 Å². The first kappa shape index (κ1) is 17.1. The molecule has 2 N–H and O–H groups in total. The van der Waals surface area contributed by atoms with E-state index in [0.29, 0.717) is 24.6 Å². The lowest BCUT2D eigenvalue weighted by Crippen LogP contribution is -2.47. The number of thioether (sulfide) groups is 1. The van der Waals surface area contributed by atoms with Crippen LogP contribution < -0.4 is 5.32 Å². The average Bonchev–Trinajstić information content (AvgIpc) is 2.33. The summed E-state index contributed by atoms with van der Waals surface area (Å²) < 4.78 is 0. The lowest BCUT2D eigenvalue weighted by Gasteiger charge is -2.23. The zero-order chi connectivity index (χ0) is 14.1. The maximum absolute atomic E-state index is 11.8. The van der Waals surface area contributed by atoms with Crippen LogP contribution in [0.4, 0.5) is 4.79 Å². The van der Waals surface area contributed by atoms with E-state index in [1.54, 1.807) is 23.7 Å².